The minimum Gasteiger partial charge on any atom is -0.389 e. The van der Waals surface area contributed by atoms with Gasteiger partial charge >= 0.3 is 0 Å². The molecule has 0 spiro atoms. The van der Waals surface area contributed by atoms with Gasteiger partial charge in [0.2, 0.25) is 0 Å². The summed E-state index contributed by atoms with van der Waals surface area (Å²) in [6.07, 6.45) is 0. The maximum Gasteiger partial charge on any atom is 0.114 e. The molecule has 1 aromatic carbocycles. The van der Waals surface area contributed by atoms with Gasteiger partial charge < -0.3 is 5.73 Å². The number of benzene rings is 1. The summed E-state index contributed by atoms with van der Waals surface area (Å²) in [5, 5.41) is 1.40. The van der Waals surface area contributed by atoms with Crippen molar-refractivity contribution in [3.63, 3.8) is 0 Å². The normalized spacial score (nSPS) is 10.4. The topological polar surface area (TPSA) is 38.9 Å². The number of halogens is 1. The van der Waals surface area contributed by atoms with Crippen LogP contribution in [-0.4, -0.2) is 4.98 Å². The maximum atomic E-state index is 6.10. The molecule has 2 aromatic rings. The van der Waals surface area contributed by atoms with Crippen LogP contribution in [0.4, 0.5) is 5.00 Å². The van der Waals surface area contributed by atoms with Gasteiger partial charge in [0.15, 0.2) is 0 Å². The number of nitrogens with two attached hydrogens (primary N) is 1. The van der Waals surface area contributed by atoms with Crippen molar-refractivity contribution < 1.29 is 0 Å². The Morgan fingerprint density at radius 3 is 2.79 bits per heavy atom. The number of anilines is 1. The lowest BCUT2D eigenvalue weighted by molar-refractivity contribution is 1.39. The molecule has 72 valence electrons. The second-order valence-corrected chi connectivity index (χ2v) is 4.34. The van der Waals surface area contributed by atoms with Gasteiger partial charge in [-0.3, -0.25) is 0 Å². The third kappa shape index (κ3) is 1.61. The highest BCUT2D eigenvalue weighted by molar-refractivity contribution is 7.14. The zero-order valence-electron chi connectivity index (χ0n) is 7.62. The Morgan fingerprint density at radius 1 is 1.43 bits per heavy atom. The van der Waals surface area contributed by atoms with Gasteiger partial charge in [0.1, 0.15) is 10.7 Å². The highest BCUT2D eigenvalue weighted by atomic mass is 35.5. The number of nitrogens with zero attached hydrogens (tertiary/aromatic N) is 1. The average molecular weight is 225 g/mol. The monoisotopic (exact) mass is 224 g/mol. The van der Waals surface area contributed by atoms with Crippen LogP contribution < -0.4 is 5.73 Å². The second-order valence-electron chi connectivity index (χ2n) is 3.05. The first kappa shape index (κ1) is 9.49. The summed E-state index contributed by atoms with van der Waals surface area (Å²) in [6.45, 7) is 2.00. The fraction of sp³-hybridized carbons (Fsp3) is 0.100. The lowest BCUT2D eigenvalue weighted by atomic mass is 10.1. The van der Waals surface area contributed by atoms with Crippen molar-refractivity contribution >= 4 is 27.9 Å². The summed E-state index contributed by atoms with van der Waals surface area (Å²) >= 11 is 7.52. The van der Waals surface area contributed by atoms with E-state index >= 15 is 0 Å². The van der Waals surface area contributed by atoms with E-state index in [4.69, 9.17) is 17.3 Å². The van der Waals surface area contributed by atoms with Crippen LogP contribution >= 0.6 is 22.9 Å². The Balaban J connectivity index is 2.58. The molecular weight excluding hydrogens is 216 g/mol. The van der Waals surface area contributed by atoms with Crippen molar-refractivity contribution in [1.29, 1.82) is 0 Å². The SMILES string of the molecule is Cc1ccc(-c2ncsc2N)c(Cl)c1. The quantitative estimate of drug-likeness (QED) is 0.807. The molecule has 0 saturated heterocycles. The zero-order valence-corrected chi connectivity index (χ0v) is 9.19. The van der Waals surface area contributed by atoms with E-state index in [1.165, 1.54) is 11.3 Å². The molecule has 0 atom stereocenters. The zero-order chi connectivity index (χ0) is 10.1. The number of aromatic nitrogens is 1. The van der Waals surface area contributed by atoms with Crippen LogP contribution in [0.3, 0.4) is 0 Å². The number of thiazole rings is 1. The molecule has 4 heteroatoms. The number of hydrogen-bond donors (Lipinski definition) is 1. The van der Waals surface area contributed by atoms with Crippen LogP contribution in [0, 0.1) is 6.92 Å². The van der Waals surface area contributed by atoms with E-state index in [0.717, 1.165) is 16.8 Å². The Labute approximate surface area is 91.4 Å². The van der Waals surface area contributed by atoms with Gasteiger partial charge in [-0.15, -0.1) is 11.3 Å². The van der Waals surface area contributed by atoms with Crippen LogP contribution in [0.25, 0.3) is 11.3 Å². The maximum absolute atomic E-state index is 6.10. The Hall–Kier alpha value is -1.06. The first-order valence-electron chi connectivity index (χ1n) is 4.14. The van der Waals surface area contributed by atoms with Gasteiger partial charge in [0.25, 0.3) is 0 Å². The van der Waals surface area contributed by atoms with E-state index in [-0.39, 0.29) is 0 Å². The van der Waals surface area contributed by atoms with Crippen molar-refractivity contribution in [3.05, 3.63) is 34.3 Å². The Bertz CT molecular complexity index is 465. The first-order chi connectivity index (χ1) is 6.68. The van der Waals surface area contributed by atoms with Crippen molar-refractivity contribution in [2.24, 2.45) is 0 Å². The smallest absolute Gasteiger partial charge is 0.114 e. The summed E-state index contributed by atoms with van der Waals surface area (Å²) in [6, 6.07) is 5.86. The number of nitrogen functional groups attached to an aromatic ring is 1. The predicted molar refractivity (Wildman–Crippen MR) is 61.7 cm³/mol. The molecule has 0 bridgehead atoms. The second kappa shape index (κ2) is 3.59. The molecule has 0 aliphatic rings. The summed E-state index contributed by atoms with van der Waals surface area (Å²) in [5.41, 5.74) is 10.3. The predicted octanol–water partition coefficient (Wildman–Crippen LogP) is 3.35. The molecule has 2 rings (SSSR count). The Kier molecular flexibility index (Phi) is 2.44. The van der Waals surface area contributed by atoms with Gasteiger partial charge in [-0.05, 0) is 18.6 Å². The Morgan fingerprint density at radius 2 is 2.21 bits per heavy atom. The van der Waals surface area contributed by atoms with Gasteiger partial charge in [-0.1, -0.05) is 23.7 Å². The van der Waals surface area contributed by atoms with E-state index in [0.29, 0.717) is 10.0 Å². The van der Waals surface area contributed by atoms with E-state index in [2.05, 4.69) is 4.98 Å². The molecule has 1 aromatic heterocycles. The molecule has 0 saturated carbocycles. The lowest BCUT2D eigenvalue weighted by Gasteiger charge is -2.02. The van der Waals surface area contributed by atoms with E-state index in [9.17, 15) is 0 Å². The largest absolute Gasteiger partial charge is 0.389 e. The molecule has 2 N–H and O–H groups in total. The van der Waals surface area contributed by atoms with E-state index in [1.54, 1.807) is 5.51 Å². The molecule has 1 heterocycles. The van der Waals surface area contributed by atoms with Gasteiger partial charge in [-0.2, -0.15) is 0 Å². The van der Waals surface area contributed by atoms with Crippen LogP contribution in [0.5, 0.6) is 0 Å². The van der Waals surface area contributed by atoms with Gasteiger partial charge in [-0.25, -0.2) is 4.98 Å². The molecule has 0 amide bonds. The molecule has 0 radical (unpaired) electrons. The lowest BCUT2D eigenvalue weighted by Crippen LogP contribution is -1.87. The van der Waals surface area contributed by atoms with Gasteiger partial charge in [0, 0.05) is 5.56 Å². The third-order valence-electron chi connectivity index (χ3n) is 1.97. The van der Waals surface area contributed by atoms with E-state index in [1.807, 2.05) is 25.1 Å². The van der Waals surface area contributed by atoms with Crippen LogP contribution in [0.1, 0.15) is 5.56 Å². The minimum atomic E-state index is 0.697. The molecule has 0 unspecified atom stereocenters. The fourth-order valence-electron chi connectivity index (χ4n) is 1.27. The fourth-order valence-corrected chi connectivity index (χ4v) is 2.14. The van der Waals surface area contributed by atoms with Crippen molar-refractivity contribution in [2.75, 3.05) is 5.73 Å². The average Bonchev–Trinajstić information content (AvgIpc) is 2.52. The van der Waals surface area contributed by atoms with E-state index < -0.39 is 0 Å². The summed E-state index contributed by atoms with van der Waals surface area (Å²) in [5.74, 6) is 0. The minimum absolute atomic E-state index is 0.697. The van der Waals surface area contributed by atoms with Crippen molar-refractivity contribution in [3.8, 4) is 11.3 Å². The third-order valence-corrected chi connectivity index (χ3v) is 2.95. The molecule has 2 nitrogen and oxygen atoms in total. The molecular formula is C10H9ClN2S. The molecule has 0 fully saturated rings. The molecule has 0 aliphatic carbocycles. The van der Waals surface area contributed by atoms with Crippen molar-refractivity contribution in [1.82, 2.24) is 4.98 Å². The standard InChI is InChI=1S/C10H9ClN2S/c1-6-2-3-7(8(11)4-6)9-10(12)14-5-13-9/h2-5H,12H2,1H3. The van der Waals surface area contributed by atoms with Gasteiger partial charge in [0.05, 0.1) is 10.5 Å². The highest BCUT2D eigenvalue weighted by Crippen LogP contribution is 2.33. The molecule has 0 aliphatic heterocycles. The highest BCUT2D eigenvalue weighted by Gasteiger charge is 2.09. The first-order valence-corrected chi connectivity index (χ1v) is 5.39. The van der Waals surface area contributed by atoms with Crippen LogP contribution in [0.15, 0.2) is 23.7 Å². The van der Waals surface area contributed by atoms with Crippen LogP contribution in [-0.2, 0) is 0 Å². The molecule has 14 heavy (non-hydrogen) atoms. The van der Waals surface area contributed by atoms with Crippen molar-refractivity contribution in [2.45, 2.75) is 6.92 Å². The summed E-state index contributed by atoms with van der Waals surface area (Å²) < 4.78 is 0. The van der Waals surface area contributed by atoms with Crippen LogP contribution in [0.2, 0.25) is 5.02 Å². The number of hydrogen-bond acceptors (Lipinski definition) is 3. The number of aryl methyl sites for hydroxylation is 1. The summed E-state index contributed by atoms with van der Waals surface area (Å²) in [7, 11) is 0. The number of rotatable bonds is 1. The summed E-state index contributed by atoms with van der Waals surface area (Å²) in [4.78, 5) is 4.19.